The first-order valence-corrected chi connectivity index (χ1v) is 6.28. The van der Waals surface area contributed by atoms with Gasteiger partial charge in [-0.3, -0.25) is 10.2 Å². The summed E-state index contributed by atoms with van der Waals surface area (Å²) in [5, 5.41) is 17.3. The Balaban J connectivity index is 2.16. The summed E-state index contributed by atoms with van der Waals surface area (Å²) in [6.45, 7) is 0. The van der Waals surface area contributed by atoms with Crippen LogP contribution < -0.4 is 15.7 Å². The standard InChI is InChI=1S/C13H13ClN4O3/c1-18-13(20)12(14)9(7-16-18)17-15-6-8-3-4-10(19)11(5-8)21-2/h3-7,17,19H,1-2H3/b15-6-. The number of phenolic OH excluding ortho intramolecular Hbond substituents is 1. The molecule has 0 bridgehead atoms. The Hall–Kier alpha value is -2.54. The van der Waals surface area contributed by atoms with Gasteiger partial charge < -0.3 is 9.84 Å². The van der Waals surface area contributed by atoms with Crippen LogP contribution in [-0.2, 0) is 7.05 Å². The number of nitrogens with zero attached hydrogens (tertiary/aromatic N) is 3. The van der Waals surface area contributed by atoms with E-state index in [1.165, 1.54) is 32.6 Å². The molecule has 0 aliphatic rings. The lowest BCUT2D eigenvalue weighted by Gasteiger charge is -2.05. The smallest absolute Gasteiger partial charge is 0.287 e. The molecule has 0 aliphatic carbocycles. The fraction of sp³-hybridized carbons (Fsp3) is 0.154. The van der Waals surface area contributed by atoms with E-state index in [2.05, 4.69) is 15.6 Å². The molecular weight excluding hydrogens is 296 g/mol. The Labute approximate surface area is 125 Å². The number of hydrogen-bond acceptors (Lipinski definition) is 6. The van der Waals surface area contributed by atoms with Crippen molar-refractivity contribution in [1.29, 1.82) is 0 Å². The maximum atomic E-state index is 11.6. The second kappa shape index (κ2) is 6.27. The SMILES string of the molecule is COc1cc(/C=N\Nc2cnn(C)c(=O)c2Cl)ccc1O. The third kappa shape index (κ3) is 3.32. The summed E-state index contributed by atoms with van der Waals surface area (Å²) >= 11 is 5.89. The molecule has 21 heavy (non-hydrogen) atoms. The fourth-order valence-electron chi connectivity index (χ4n) is 1.54. The van der Waals surface area contributed by atoms with Crippen molar-refractivity contribution in [3.05, 3.63) is 45.3 Å². The van der Waals surface area contributed by atoms with Crippen LogP contribution in [0.5, 0.6) is 11.5 Å². The summed E-state index contributed by atoms with van der Waals surface area (Å²) in [7, 11) is 2.96. The molecule has 1 aromatic heterocycles. The van der Waals surface area contributed by atoms with E-state index in [1.54, 1.807) is 12.1 Å². The highest BCUT2D eigenvalue weighted by molar-refractivity contribution is 6.32. The molecule has 0 atom stereocenters. The van der Waals surface area contributed by atoms with Gasteiger partial charge in [0.15, 0.2) is 11.5 Å². The van der Waals surface area contributed by atoms with Gasteiger partial charge in [-0.05, 0) is 23.8 Å². The van der Waals surface area contributed by atoms with E-state index in [0.717, 1.165) is 4.68 Å². The van der Waals surface area contributed by atoms with Crippen molar-refractivity contribution in [2.75, 3.05) is 12.5 Å². The van der Waals surface area contributed by atoms with Crippen molar-refractivity contribution in [2.24, 2.45) is 12.1 Å². The Bertz CT molecular complexity index is 743. The quantitative estimate of drug-likeness (QED) is 0.661. The van der Waals surface area contributed by atoms with Crippen LogP contribution in [-0.4, -0.2) is 28.2 Å². The van der Waals surface area contributed by atoms with Gasteiger partial charge in [0.2, 0.25) is 0 Å². The Morgan fingerprint density at radius 3 is 3.00 bits per heavy atom. The van der Waals surface area contributed by atoms with E-state index < -0.39 is 5.56 Å². The van der Waals surface area contributed by atoms with E-state index >= 15 is 0 Å². The number of hydrogen-bond donors (Lipinski definition) is 2. The van der Waals surface area contributed by atoms with E-state index in [1.807, 2.05) is 0 Å². The second-order valence-corrected chi connectivity index (χ2v) is 4.48. The first-order valence-electron chi connectivity index (χ1n) is 5.91. The molecule has 2 N–H and O–H groups in total. The summed E-state index contributed by atoms with van der Waals surface area (Å²) in [4.78, 5) is 11.6. The second-order valence-electron chi connectivity index (χ2n) is 4.10. The Morgan fingerprint density at radius 2 is 2.29 bits per heavy atom. The zero-order chi connectivity index (χ0) is 15.4. The average molecular weight is 309 g/mol. The van der Waals surface area contributed by atoms with E-state index in [9.17, 15) is 9.90 Å². The summed E-state index contributed by atoms with van der Waals surface area (Å²) < 4.78 is 6.12. The van der Waals surface area contributed by atoms with Gasteiger partial charge in [0, 0.05) is 7.05 Å². The number of aryl methyl sites for hydroxylation is 1. The summed E-state index contributed by atoms with van der Waals surface area (Å²) in [6, 6.07) is 4.77. The van der Waals surface area contributed by atoms with Crippen LogP contribution in [0.15, 0.2) is 34.3 Å². The van der Waals surface area contributed by atoms with Gasteiger partial charge in [-0.15, -0.1) is 0 Å². The summed E-state index contributed by atoms with van der Waals surface area (Å²) in [5.74, 6) is 0.383. The molecule has 0 amide bonds. The maximum Gasteiger partial charge on any atom is 0.287 e. The zero-order valence-corrected chi connectivity index (χ0v) is 12.1. The van der Waals surface area contributed by atoms with Crippen molar-refractivity contribution in [3.63, 3.8) is 0 Å². The van der Waals surface area contributed by atoms with Gasteiger partial charge in [0.1, 0.15) is 10.7 Å². The van der Waals surface area contributed by atoms with Crippen molar-refractivity contribution >= 4 is 23.5 Å². The largest absolute Gasteiger partial charge is 0.504 e. The van der Waals surface area contributed by atoms with Gasteiger partial charge >= 0.3 is 0 Å². The monoisotopic (exact) mass is 308 g/mol. The van der Waals surface area contributed by atoms with E-state index in [4.69, 9.17) is 16.3 Å². The number of aromatic hydroxyl groups is 1. The minimum Gasteiger partial charge on any atom is -0.504 e. The van der Waals surface area contributed by atoms with Crippen LogP contribution >= 0.6 is 11.6 Å². The van der Waals surface area contributed by atoms with Crippen molar-refractivity contribution < 1.29 is 9.84 Å². The number of hydrazone groups is 1. The van der Waals surface area contributed by atoms with Gasteiger partial charge in [-0.25, -0.2) is 4.68 Å². The summed E-state index contributed by atoms with van der Waals surface area (Å²) in [6.07, 6.45) is 2.90. The van der Waals surface area contributed by atoms with E-state index in [-0.39, 0.29) is 10.8 Å². The van der Waals surface area contributed by atoms with Gasteiger partial charge in [0.25, 0.3) is 5.56 Å². The average Bonchev–Trinajstić information content (AvgIpc) is 2.49. The zero-order valence-electron chi connectivity index (χ0n) is 11.4. The molecule has 8 heteroatoms. The van der Waals surface area contributed by atoms with Crippen LogP contribution in [0.1, 0.15) is 5.56 Å². The summed E-state index contributed by atoms with van der Waals surface area (Å²) in [5.41, 5.74) is 3.23. The molecule has 0 saturated carbocycles. The number of halogens is 1. The highest BCUT2D eigenvalue weighted by atomic mass is 35.5. The number of rotatable bonds is 4. The lowest BCUT2D eigenvalue weighted by atomic mass is 10.2. The molecule has 0 spiro atoms. The number of nitrogens with one attached hydrogen (secondary N) is 1. The predicted molar refractivity (Wildman–Crippen MR) is 80.4 cm³/mol. The first-order chi connectivity index (χ1) is 10.0. The minimum absolute atomic E-state index is 0.00735. The molecule has 7 nitrogen and oxygen atoms in total. The molecule has 2 aromatic rings. The molecule has 0 radical (unpaired) electrons. The number of aromatic nitrogens is 2. The molecule has 2 rings (SSSR count). The van der Waals surface area contributed by atoms with Crippen molar-refractivity contribution in [2.45, 2.75) is 0 Å². The number of phenols is 1. The normalized spacial score (nSPS) is 10.8. The van der Waals surface area contributed by atoms with Crippen molar-refractivity contribution in [1.82, 2.24) is 9.78 Å². The van der Waals surface area contributed by atoms with Crippen LogP contribution in [0.25, 0.3) is 0 Å². The highest BCUT2D eigenvalue weighted by Crippen LogP contribution is 2.25. The predicted octanol–water partition coefficient (Wildman–Crippen LogP) is 1.59. The van der Waals surface area contributed by atoms with Crippen LogP contribution in [0.4, 0.5) is 5.69 Å². The number of ether oxygens (including phenoxy) is 1. The molecule has 0 aliphatic heterocycles. The van der Waals surface area contributed by atoms with Crippen LogP contribution in [0.2, 0.25) is 5.02 Å². The number of methoxy groups -OCH3 is 1. The lowest BCUT2D eigenvalue weighted by molar-refractivity contribution is 0.373. The van der Waals surface area contributed by atoms with Crippen LogP contribution in [0.3, 0.4) is 0 Å². The third-order valence-electron chi connectivity index (χ3n) is 2.68. The number of anilines is 1. The van der Waals surface area contributed by atoms with Gasteiger partial charge in [-0.1, -0.05) is 11.6 Å². The highest BCUT2D eigenvalue weighted by Gasteiger charge is 2.06. The lowest BCUT2D eigenvalue weighted by Crippen LogP contribution is -2.20. The van der Waals surface area contributed by atoms with Crippen LogP contribution in [0, 0.1) is 0 Å². The minimum atomic E-state index is -0.414. The van der Waals surface area contributed by atoms with Crippen molar-refractivity contribution in [3.8, 4) is 11.5 Å². The number of benzene rings is 1. The molecule has 0 fully saturated rings. The molecule has 110 valence electrons. The molecule has 0 unspecified atom stereocenters. The molecular formula is C13H13ClN4O3. The van der Waals surface area contributed by atoms with Gasteiger partial charge in [-0.2, -0.15) is 10.2 Å². The third-order valence-corrected chi connectivity index (χ3v) is 3.05. The van der Waals surface area contributed by atoms with E-state index in [0.29, 0.717) is 17.0 Å². The Kier molecular flexibility index (Phi) is 4.44. The van der Waals surface area contributed by atoms with Gasteiger partial charge in [0.05, 0.1) is 19.5 Å². The molecule has 0 saturated heterocycles. The molecule has 1 heterocycles. The Morgan fingerprint density at radius 1 is 1.52 bits per heavy atom. The maximum absolute atomic E-state index is 11.6. The topological polar surface area (TPSA) is 88.7 Å². The molecule has 1 aromatic carbocycles. The first kappa shape index (κ1) is 14.9. The fourth-order valence-corrected chi connectivity index (χ4v) is 1.75.